The van der Waals surface area contributed by atoms with Crippen LogP contribution < -0.4 is 5.32 Å². The Labute approximate surface area is 175 Å². The molecule has 2 amide bonds. The van der Waals surface area contributed by atoms with E-state index in [1.807, 2.05) is 36.4 Å². The zero-order valence-electron chi connectivity index (χ0n) is 16.7. The molecule has 0 bridgehead atoms. The Morgan fingerprint density at radius 1 is 1.23 bits per heavy atom. The van der Waals surface area contributed by atoms with Crippen molar-refractivity contribution in [3.05, 3.63) is 65.7 Å². The maximum Gasteiger partial charge on any atom is 0.312 e. The summed E-state index contributed by atoms with van der Waals surface area (Å²) in [6.07, 6.45) is -0.210. The van der Waals surface area contributed by atoms with E-state index in [4.69, 9.17) is 10.00 Å². The number of esters is 1. The summed E-state index contributed by atoms with van der Waals surface area (Å²) >= 11 is 0. The van der Waals surface area contributed by atoms with Crippen LogP contribution >= 0.6 is 0 Å². The summed E-state index contributed by atoms with van der Waals surface area (Å²) in [5.74, 6) is -1.72. The molecule has 1 saturated heterocycles. The summed E-state index contributed by atoms with van der Waals surface area (Å²) in [6, 6.07) is 18.3. The van der Waals surface area contributed by atoms with E-state index in [2.05, 4.69) is 5.32 Å². The zero-order chi connectivity index (χ0) is 21.5. The summed E-state index contributed by atoms with van der Waals surface area (Å²) < 4.78 is 5.29. The molecule has 7 heteroatoms. The first-order valence-electron chi connectivity index (χ1n) is 9.79. The molecular formula is C23H23N3O4. The lowest BCUT2D eigenvalue weighted by Crippen LogP contribution is -2.33. The van der Waals surface area contributed by atoms with Gasteiger partial charge in [0.2, 0.25) is 5.91 Å². The van der Waals surface area contributed by atoms with Crippen LogP contribution in [0.3, 0.4) is 0 Å². The molecule has 0 aromatic heterocycles. The molecule has 1 fully saturated rings. The van der Waals surface area contributed by atoms with Gasteiger partial charge in [0.25, 0.3) is 5.91 Å². The first-order chi connectivity index (χ1) is 14.5. The maximum absolute atomic E-state index is 12.5. The fraction of sp³-hybridized carbons (Fsp3) is 0.304. The third-order valence-corrected chi connectivity index (χ3v) is 4.98. The van der Waals surface area contributed by atoms with Crippen molar-refractivity contribution in [1.29, 1.82) is 5.26 Å². The Morgan fingerprint density at radius 3 is 2.73 bits per heavy atom. The fourth-order valence-corrected chi connectivity index (χ4v) is 3.29. The number of likely N-dealkylation sites (tertiary alicyclic amines) is 1. The van der Waals surface area contributed by atoms with Crippen LogP contribution in [-0.4, -0.2) is 41.9 Å². The van der Waals surface area contributed by atoms with Crippen molar-refractivity contribution in [2.75, 3.05) is 18.4 Å². The average molecular weight is 405 g/mol. The summed E-state index contributed by atoms with van der Waals surface area (Å²) in [7, 11) is 0. The number of anilines is 1. The van der Waals surface area contributed by atoms with Crippen molar-refractivity contribution in [3.63, 3.8) is 0 Å². The molecule has 2 aromatic rings. The van der Waals surface area contributed by atoms with E-state index < -0.39 is 23.9 Å². The van der Waals surface area contributed by atoms with Crippen LogP contribution in [0.25, 0.3) is 0 Å². The molecule has 2 aromatic carbocycles. The summed E-state index contributed by atoms with van der Waals surface area (Å²) in [5.41, 5.74) is 1.99. The molecule has 1 aliphatic heterocycles. The van der Waals surface area contributed by atoms with Crippen LogP contribution in [0.1, 0.15) is 24.5 Å². The highest BCUT2D eigenvalue weighted by Crippen LogP contribution is 2.20. The first-order valence-corrected chi connectivity index (χ1v) is 9.79. The summed E-state index contributed by atoms with van der Waals surface area (Å²) in [6.45, 7) is 2.31. The number of nitrogens with zero attached hydrogens (tertiary/aromatic N) is 2. The predicted molar refractivity (Wildman–Crippen MR) is 110 cm³/mol. The van der Waals surface area contributed by atoms with Gasteiger partial charge in [-0.05, 0) is 37.1 Å². The van der Waals surface area contributed by atoms with Gasteiger partial charge in [-0.2, -0.15) is 5.26 Å². The number of carbonyl (C=O) groups is 3. The number of ether oxygens (including phenoxy) is 1. The Morgan fingerprint density at radius 2 is 2.00 bits per heavy atom. The van der Waals surface area contributed by atoms with Gasteiger partial charge in [-0.15, -0.1) is 0 Å². The monoisotopic (exact) mass is 405 g/mol. The van der Waals surface area contributed by atoms with E-state index in [0.29, 0.717) is 24.3 Å². The van der Waals surface area contributed by atoms with Crippen LogP contribution in [-0.2, 0) is 25.5 Å². The van der Waals surface area contributed by atoms with Crippen LogP contribution in [0.15, 0.2) is 54.6 Å². The highest BCUT2D eigenvalue weighted by Gasteiger charge is 2.36. The molecule has 1 aliphatic rings. The van der Waals surface area contributed by atoms with E-state index in [-0.39, 0.29) is 12.3 Å². The molecule has 7 nitrogen and oxygen atoms in total. The number of hydrogen-bond donors (Lipinski definition) is 1. The number of hydrogen-bond acceptors (Lipinski definition) is 5. The molecular weight excluding hydrogens is 382 g/mol. The number of nitriles is 1. The topological polar surface area (TPSA) is 99.5 Å². The minimum Gasteiger partial charge on any atom is -0.452 e. The summed E-state index contributed by atoms with van der Waals surface area (Å²) in [4.78, 5) is 38.7. The minimum absolute atomic E-state index is 0.0849. The van der Waals surface area contributed by atoms with E-state index >= 15 is 0 Å². The molecule has 3 rings (SSSR count). The molecule has 0 saturated carbocycles. The molecule has 1 heterocycles. The molecule has 154 valence electrons. The summed E-state index contributed by atoms with van der Waals surface area (Å²) in [5, 5.41) is 11.6. The van der Waals surface area contributed by atoms with Gasteiger partial charge in [0.1, 0.15) is 0 Å². The highest BCUT2D eigenvalue weighted by atomic mass is 16.5. The minimum atomic E-state index is -1.02. The third-order valence-electron chi connectivity index (χ3n) is 4.98. The molecule has 0 unspecified atom stereocenters. The van der Waals surface area contributed by atoms with Gasteiger partial charge in [0, 0.05) is 25.2 Å². The maximum atomic E-state index is 12.5. The molecule has 1 N–H and O–H groups in total. The molecule has 0 aliphatic carbocycles. The smallest absolute Gasteiger partial charge is 0.312 e. The van der Waals surface area contributed by atoms with Gasteiger partial charge in [-0.25, -0.2) is 0 Å². The van der Waals surface area contributed by atoms with Crippen molar-refractivity contribution in [3.8, 4) is 6.07 Å². The second kappa shape index (κ2) is 9.70. The van der Waals surface area contributed by atoms with Crippen molar-refractivity contribution in [2.24, 2.45) is 5.92 Å². The lowest BCUT2D eigenvalue weighted by atomic mass is 10.1. The van der Waals surface area contributed by atoms with Gasteiger partial charge < -0.3 is 15.0 Å². The van der Waals surface area contributed by atoms with Gasteiger partial charge in [-0.1, -0.05) is 36.4 Å². The SMILES string of the molecule is C[C@@H](OC(=O)[C@@H]1CC(=O)N(CCc2ccccc2)C1)C(=O)Nc1cccc(C#N)c1. The predicted octanol–water partition coefficient (Wildman–Crippen LogP) is 2.52. The largest absolute Gasteiger partial charge is 0.452 e. The zero-order valence-corrected chi connectivity index (χ0v) is 16.7. The van der Waals surface area contributed by atoms with Crippen LogP contribution in [0.5, 0.6) is 0 Å². The van der Waals surface area contributed by atoms with Crippen LogP contribution in [0.2, 0.25) is 0 Å². The highest BCUT2D eigenvalue weighted by molar-refractivity contribution is 5.95. The van der Waals surface area contributed by atoms with Gasteiger partial charge >= 0.3 is 5.97 Å². The Hall–Kier alpha value is -3.66. The second-order valence-electron chi connectivity index (χ2n) is 7.24. The Bertz CT molecular complexity index is 968. The van der Waals surface area contributed by atoms with Crippen LogP contribution in [0, 0.1) is 17.2 Å². The molecule has 0 radical (unpaired) electrons. The van der Waals surface area contributed by atoms with Crippen molar-refractivity contribution in [1.82, 2.24) is 4.90 Å². The number of nitrogens with one attached hydrogen (secondary N) is 1. The lowest BCUT2D eigenvalue weighted by molar-refractivity contribution is -0.157. The first kappa shape index (κ1) is 21.1. The van der Waals surface area contributed by atoms with Crippen molar-refractivity contribution in [2.45, 2.75) is 25.9 Å². The number of rotatable bonds is 7. The van der Waals surface area contributed by atoms with Crippen molar-refractivity contribution < 1.29 is 19.1 Å². The quantitative estimate of drug-likeness (QED) is 0.714. The lowest BCUT2D eigenvalue weighted by Gasteiger charge is -2.18. The Balaban J connectivity index is 1.49. The van der Waals surface area contributed by atoms with Crippen molar-refractivity contribution >= 4 is 23.5 Å². The van der Waals surface area contributed by atoms with E-state index in [1.54, 1.807) is 23.1 Å². The Kier molecular flexibility index (Phi) is 6.81. The average Bonchev–Trinajstić information content (AvgIpc) is 3.13. The number of benzene rings is 2. The third kappa shape index (κ3) is 5.45. The standard InChI is InChI=1S/C23H23N3O4/c1-16(22(28)25-20-9-5-8-18(12-20)14-24)30-23(29)19-13-21(27)26(15-19)11-10-17-6-3-2-4-7-17/h2-9,12,16,19H,10-11,13,15H2,1H3,(H,25,28)/t16-,19-/m1/s1. The van der Waals surface area contributed by atoms with Gasteiger partial charge in [-0.3, -0.25) is 14.4 Å². The van der Waals surface area contributed by atoms with E-state index in [0.717, 1.165) is 12.0 Å². The molecule has 2 atom stereocenters. The molecule has 0 spiro atoms. The van der Waals surface area contributed by atoms with Gasteiger partial charge in [0.15, 0.2) is 6.10 Å². The molecule has 30 heavy (non-hydrogen) atoms. The van der Waals surface area contributed by atoms with E-state index in [1.165, 1.54) is 13.0 Å². The number of carbonyl (C=O) groups excluding carboxylic acids is 3. The second-order valence-corrected chi connectivity index (χ2v) is 7.24. The van der Waals surface area contributed by atoms with Crippen LogP contribution in [0.4, 0.5) is 5.69 Å². The number of amides is 2. The normalized spacial score (nSPS) is 16.6. The van der Waals surface area contributed by atoms with Gasteiger partial charge in [0.05, 0.1) is 17.6 Å². The fourth-order valence-electron chi connectivity index (χ4n) is 3.29. The van der Waals surface area contributed by atoms with E-state index in [9.17, 15) is 14.4 Å².